The minimum absolute atomic E-state index is 0.240. The zero-order valence-corrected chi connectivity index (χ0v) is 13.5. The lowest BCUT2D eigenvalue weighted by atomic mass is 10.2. The summed E-state index contributed by atoms with van der Waals surface area (Å²) in [6.45, 7) is 0. The number of carbonyl (C=O) groups is 1. The molecule has 2 rings (SSSR count). The molecule has 0 aliphatic carbocycles. The summed E-state index contributed by atoms with van der Waals surface area (Å²) in [5, 5.41) is 2.91. The fourth-order valence-electron chi connectivity index (χ4n) is 1.57. The van der Waals surface area contributed by atoms with Crippen LogP contribution in [0.4, 0.5) is 5.69 Å². The molecule has 0 unspecified atom stereocenters. The molecule has 1 aromatic carbocycles. The minimum atomic E-state index is -0.285. The number of amides is 1. The van der Waals surface area contributed by atoms with Crippen LogP contribution in [0.5, 0.6) is 5.75 Å². The first kappa shape index (κ1) is 15.5. The van der Waals surface area contributed by atoms with E-state index in [4.69, 9.17) is 16.3 Å². The highest BCUT2D eigenvalue weighted by molar-refractivity contribution is 9.10. The number of halogens is 2. The lowest BCUT2D eigenvalue weighted by Crippen LogP contribution is -2.08. The van der Waals surface area contributed by atoms with Gasteiger partial charge in [0.1, 0.15) is 5.75 Å². The molecule has 6 heteroatoms. The molecule has 0 saturated carbocycles. The standard InChI is InChI=1S/C15H12BrClN2O2/c1-21-12-5-2-10(3-6-12)4-7-14(20)19-13-8-11(16)9-18-15(13)17/h2-9H,1H3,(H,19,20)/b7-4+. The van der Waals surface area contributed by atoms with E-state index >= 15 is 0 Å². The first-order valence-electron chi connectivity index (χ1n) is 6.02. The van der Waals surface area contributed by atoms with Gasteiger partial charge in [0.05, 0.1) is 12.8 Å². The van der Waals surface area contributed by atoms with Gasteiger partial charge in [0.25, 0.3) is 0 Å². The van der Waals surface area contributed by atoms with Crippen molar-refractivity contribution in [2.45, 2.75) is 0 Å². The third kappa shape index (κ3) is 4.58. The highest BCUT2D eigenvalue weighted by Crippen LogP contribution is 2.23. The summed E-state index contributed by atoms with van der Waals surface area (Å²) in [4.78, 5) is 15.8. The summed E-state index contributed by atoms with van der Waals surface area (Å²) in [6, 6.07) is 9.06. The van der Waals surface area contributed by atoms with Crippen LogP contribution in [0.15, 0.2) is 47.1 Å². The van der Waals surface area contributed by atoms with Crippen molar-refractivity contribution in [2.24, 2.45) is 0 Å². The van der Waals surface area contributed by atoms with Crippen molar-refractivity contribution in [1.82, 2.24) is 4.98 Å². The number of hydrogen-bond acceptors (Lipinski definition) is 3. The molecule has 2 aromatic rings. The van der Waals surface area contributed by atoms with Crippen LogP contribution in [0.25, 0.3) is 6.08 Å². The predicted molar refractivity (Wildman–Crippen MR) is 87.6 cm³/mol. The fraction of sp³-hybridized carbons (Fsp3) is 0.0667. The van der Waals surface area contributed by atoms with Crippen molar-refractivity contribution >= 4 is 45.2 Å². The molecule has 0 spiro atoms. The van der Waals surface area contributed by atoms with Crippen LogP contribution >= 0.6 is 27.5 Å². The number of methoxy groups -OCH3 is 1. The van der Waals surface area contributed by atoms with Gasteiger partial charge in [0, 0.05) is 16.7 Å². The number of rotatable bonds is 4. The van der Waals surface area contributed by atoms with Gasteiger partial charge < -0.3 is 10.1 Å². The number of nitrogens with zero attached hydrogens (tertiary/aromatic N) is 1. The number of aromatic nitrogens is 1. The van der Waals surface area contributed by atoms with Crippen LogP contribution in [0.3, 0.4) is 0 Å². The molecule has 0 saturated heterocycles. The topological polar surface area (TPSA) is 51.2 Å². The Morgan fingerprint density at radius 2 is 2.10 bits per heavy atom. The van der Waals surface area contributed by atoms with Crippen molar-refractivity contribution in [3.8, 4) is 5.75 Å². The second kappa shape index (κ2) is 7.24. The van der Waals surface area contributed by atoms with Gasteiger partial charge in [-0.15, -0.1) is 0 Å². The molecule has 0 fully saturated rings. The molecule has 0 atom stereocenters. The van der Waals surface area contributed by atoms with Crippen LogP contribution in [-0.2, 0) is 4.79 Å². The highest BCUT2D eigenvalue weighted by Gasteiger charge is 2.05. The number of carbonyl (C=O) groups excluding carboxylic acids is 1. The summed E-state index contributed by atoms with van der Waals surface area (Å²) in [6.07, 6.45) is 4.69. The normalized spacial score (nSPS) is 10.6. The second-order valence-electron chi connectivity index (χ2n) is 4.09. The Morgan fingerprint density at radius 3 is 2.76 bits per heavy atom. The summed E-state index contributed by atoms with van der Waals surface area (Å²) >= 11 is 9.18. The molecular formula is C15H12BrClN2O2. The monoisotopic (exact) mass is 366 g/mol. The first-order chi connectivity index (χ1) is 10.1. The van der Waals surface area contributed by atoms with Gasteiger partial charge in [-0.05, 0) is 45.8 Å². The summed E-state index contributed by atoms with van der Waals surface area (Å²) in [5.41, 5.74) is 1.35. The Kier molecular flexibility index (Phi) is 5.36. The van der Waals surface area contributed by atoms with Crippen LogP contribution in [0.1, 0.15) is 5.56 Å². The van der Waals surface area contributed by atoms with Gasteiger partial charge in [0.15, 0.2) is 5.15 Å². The molecule has 108 valence electrons. The maximum Gasteiger partial charge on any atom is 0.248 e. The Balaban J connectivity index is 2.03. The zero-order valence-electron chi connectivity index (χ0n) is 11.1. The van der Waals surface area contributed by atoms with Gasteiger partial charge in [-0.25, -0.2) is 4.98 Å². The van der Waals surface area contributed by atoms with E-state index in [0.29, 0.717) is 5.69 Å². The Morgan fingerprint density at radius 1 is 1.38 bits per heavy atom. The molecular weight excluding hydrogens is 356 g/mol. The maximum atomic E-state index is 11.8. The second-order valence-corrected chi connectivity index (χ2v) is 5.36. The van der Waals surface area contributed by atoms with E-state index in [0.717, 1.165) is 15.8 Å². The highest BCUT2D eigenvalue weighted by atomic mass is 79.9. The third-order valence-electron chi connectivity index (χ3n) is 2.61. The molecule has 0 bridgehead atoms. The molecule has 21 heavy (non-hydrogen) atoms. The number of pyridine rings is 1. The van der Waals surface area contributed by atoms with E-state index in [9.17, 15) is 4.79 Å². The number of anilines is 1. The summed E-state index contributed by atoms with van der Waals surface area (Å²) in [7, 11) is 1.61. The Labute approximate surface area is 135 Å². The first-order valence-corrected chi connectivity index (χ1v) is 7.20. The maximum absolute atomic E-state index is 11.8. The summed E-state index contributed by atoms with van der Waals surface area (Å²) in [5.74, 6) is 0.483. The van der Waals surface area contributed by atoms with Crippen LogP contribution in [-0.4, -0.2) is 18.0 Å². The number of ether oxygens (including phenoxy) is 1. The average molecular weight is 368 g/mol. The van der Waals surface area contributed by atoms with Crippen molar-refractivity contribution in [2.75, 3.05) is 12.4 Å². The summed E-state index contributed by atoms with van der Waals surface area (Å²) < 4.78 is 5.81. The quantitative estimate of drug-likeness (QED) is 0.652. The molecule has 1 amide bonds. The van der Waals surface area contributed by atoms with E-state index in [2.05, 4.69) is 26.2 Å². The van der Waals surface area contributed by atoms with Crippen molar-refractivity contribution in [3.63, 3.8) is 0 Å². The van der Waals surface area contributed by atoms with Gasteiger partial charge in [-0.3, -0.25) is 4.79 Å². The molecule has 1 N–H and O–H groups in total. The smallest absolute Gasteiger partial charge is 0.248 e. The largest absolute Gasteiger partial charge is 0.497 e. The molecule has 4 nitrogen and oxygen atoms in total. The van der Waals surface area contributed by atoms with Crippen LogP contribution in [0, 0.1) is 0 Å². The third-order valence-corrected chi connectivity index (χ3v) is 3.34. The van der Waals surface area contributed by atoms with Gasteiger partial charge >= 0.3 is 0 Å². The number of benzene rings is 1. The van der Waals surface area contributed by atoms with Crippen molar-refractivity contribution in [3.05, 3.63) is 57.8 Å². The molecule has 0 aliphatic rings. The zero-order chi connectivity index (χ0) is 15.2. The van der Waals surface area contributed by atoms with E-state index in [-0.39, 0.29) is 11.1 Å². The Bertz CT molecular complexity index is 672. The van der Waals surface area contributed by atoms with E-state index in [1.807, 2.05) is 24.3 Å². The number of hydrogen-bond donors (Lipinski definition) is 1. The van der Waals surface area contributed by atoms with E-state index in [1.54, 1.807) is 25.4 Å². The van der Waals surface area contributed by atoms with Gasteiger partial charge in [-0.1, -0.05) is 23.7 Å². The van der Waals surface area contributed by atoms with E-state index in [1.165, 1.54) is 6.08 Å². The molecule has 1 aromatic heterocycles. The Hall–Kier alpha value is -1.85. The number of nitrogens with one attached hydrogen (secondary N) is 1. The van der Waals surface area contributed by atoms with E-state index < -0.39 is 0 Å². The predicted octanol–water partition coefficient (Wildman–Crippen LogP) is 4.16. The molecule has 0 aliphatic heterocycles. The molecule has 0 radical (unpaired) electrons. The minimum Gasteiger partial charge on any atom is -0.497 e. The SMILES string of the molecule is COc1ccc(/C=C/C(=O)Nc2cc(Br)cnc2Cl)cc1. The lowest BCUT2D eigenvalue weighted by molar-refractivity contribution is -0.111. The van der Waals surface area contributed by atoms with Gasteiger partial charge in [-0.2, -0.15) is 0 Å². The van der Waals surface area contributed by atoms with Crippen LogP contribution < -0.4 is 10.1 Å². The van der Waals surface area contributed by atoms with Gasteiger partial charge in [0.2, 0.25) is 5.91 Å². The van der Waals surface area contributed by atoms with Crippen molar-refractivity contribution < 1.29 is 9.53 Å². The lowest BCUT2D eigenvalue weighted by Gasteiger charge is -2.04. The van der Waals surface area contributed by atoms with Crippen molar-refractivity contribution in [1.29, 1.82) is 0 Å². The average Bonchev–Trinajstić information content (AvgIpc) is 2.49. The van der Waals surface area contributed by atoms with Crippen LogP contribution in [0.2, 0.25) is 5.15 Å². The fourth-order valence-corrected chi connectivity index (χ4v) is 2.05. The molecule has 1 heterocycles.